The fraction of sp³-hybridized carbons (Fsp3) is 0.956. The molecule has 8 rings (SSSR count). The third kappa shape index (κ3) is 8.68. The maximum absolute atomic E-state index is 11.2. The molecule has 3 saturated heterocycles. The highest BCUT2D eigenvalue weighted by atomic mass is 16.8. The van der Waals surface area contributed by atoms with Crippen LogP contribution in [0.4, 0.5) is 0 Å². The first kappa shape index (κ1) is 48.3. The molecule has 7 fully saturated rings. The van der Waals surface area contributed by atoms with E-state index in [1.165, 1.54) is 5.57 Å². The Bertz CT molecular complexity index is 1580. The largest absolute Gasteiger partial charge is 0.494 e. The molecule has 0 aromatic heterocycles. The molecule has 63 heavy (non-hydrogen) atoms. The maximum Gasteiger partial charge on any atom is 0.187 e. The van der Waals surface area contributed by atoms with Crippen molar-refractivity contribution >= 4 is 0 Å². The highest BCUT2D eigenvalue weighted by Gasteiger charge is 2.65. The van der Waals surface area contributed by atoms with Crippen molar-refractivity contribution in [3.63, 3.8) is 0 Å². The topological polar surface area (TPSA) is 287 Å². The van der Waals surface area contributed by atoms with Crippen molar-refractivity contribution in [1.82, 2.24) is 0 Å². The summed E-state index contributed by atoms with van der Waals surface area (Å²) in [5, 5.41) is 113. The van der Waals surface area contributed by atoms with Crippen molar-refractivity contribution in [3.8, 4) is 0 Å². The lowest BCUT2D eigenvalue weighted by Gasteiger charge is -2.61. The van der Waals surface area contributed by atoms with Crippen molar-refractivity contribution < 1.29 is 89.3 Å². The first-order chi connectivity index (χ1) is 29.9. The Labute approximate surface area is 369 Å². The molecule has 0 radical (unpaired) electrons. The first-order valence-electron chi connectivity index (χ1n) is 23.5. The van der Waals surface area contributed by atoms with Crippen LogP contribution in [0.15, 0.2) is 11.3 Å². The monoisotopic (exact) mass is 902 g/mol. The van der Waals surface area contributed by atoms with Crippen LogP contribution in [0.25, 0.3) is 0 Å². The van der Waals surface area contributed by atoms with E-state index < -0.39 is 112 Å². The molecule has 4 aliphatic carbocycles. The predicted molar refractivity (Wildman–Crippen MR) is 218 cm³/mol. The highest BCUT2D eigenvalue weighted by Crippen LogP contribution is 2.70. The smallest absolute Gasteiger partial charge is 0.187 e. The van der Waals surface area contributed by atoms with Crippen LogP contribution in [0.3, 0.4) is 0 Å². The summed E-state index contributed by atoms with van der Waals surface area (Å²) in [6.07, 6.45) is -12.1. The van der Waals surface area contributed by atoms with E-state index in [2.05, 4.69) is 27.7 Å². The van der Waals surface area contributed by atoms with Crippen LogP contribution < -0.4 is 0 Å². The number of rotatable bonds is 13. The molecule has 18 nitrogen and oxygen atoms in total. The predicted octanol–water partition coefficient (Wildman–Crippen LogP) is -0.830. The zero-order valence-electron chi connectivity index (χ0n) is 37.0. The van der Waals surface area contributed by atoms with Gasteiger partial charge in [-0.3, -0.25) is 0 Å². The van der Waals surface area contributed by atoms with Crippen LogP contribution in [-0.2, 0) is 33.2 Å². The third-order valence-electron chi connectivity index (χ3n) is 17.4. The fourth-order valence-electron chi connectivity index (χ4n) is 13.7. The molecule has 362 valence electrons. The molecule has 11 N–H and O–H groups in total. The number of fused-ring (bicyclic) bond motifs is 7. The molecule has 18 heteroatoms. The van der Waals surface area contributed by atoms with Gasteiger partial charge in [0.2, 0.25) is 0 Å². The summed E-state index contributed by atoms with van der Waals surface area (Å²) in [7, 11) is 0. The molecular formula is C45H74O18. The van der Waals surface area contributed by atoms with Gasteiger partial charge in [-0.05, 0) is 111 Å². The van der Waals surface area contributed by atoms with Crippen molar-refractivity contribution in [2.75, 3.05) is 26.4 Å². The van der Waals surface area contributed by atoms with E-state index in [1.54, 1.807) is 0 Å². The van der Waals surface area contributed by atoms with Crippen LogP contribution >= 0.6 is 0 Å². The van der Waals surface area contributed by atoms with Crippen LogP contribution in [0.5, 0.6) is 0 Å². The molecule has 4 saturated carbocycles. The van der Waals surface area contributed by atoms with Gasteiger partial charge >= 0.3 is 0 Å². The lowest BCUT2D eigenvalue weighted by atomic mass is 9.44. The lowest BCUT2D eigenvalue weighted by Crippen LogP contribution is -2.65. The van der Waals surface area contributed by atoms with E-state index >= 15 is 0 Å². The molecule has 0 aromatic carbocycles. The first-order valence-corrected chi connectivity index (χ1v) is 23.5. The van der Waals surface area contributed by atoms with Crippen LogP contribution in [-0.4, -0.2) is 187 Å². The quantitative estimate of drug-likeness (QED) is 0.101. The Hall–Kier alpha value is -1.14. The summed E-state index contributed by atoms with van der Waals surface area (Å²) in [5.41, 5.74) is 1.57. The summed E-state index contributed by atoms with van der Waals surface area (Å²) in [6, 6.07) is 0. The fourth-order valence-corrected chi connectivity index (χ4v) is 13.7. The highest BCUT2D eigenvalue weighted by molar-refractivity contribution is 5.26. The minimum absolute atomic E-state index is 0.0928. The van der Waals surface area contributed by atoms with Gasteiger partial charge < -0.3 is 89.3 Å². The van der Waals surface area contributed by atoms with E-state index in [0.29, 0.717) is 29.6 Å². The molecule has 8 aliphatic rings. The van der Waals surface area contributed by atoms with Gasteiger partial charge in [0.15, 0.2) is 18.9 Å². The van der Waals surface area contributed by atoms with Crippen LogP contribution in [0.2, 0.25) is 0 Å². The summed E-state index contributed by atoms with van der Waals surface area (Å²) in [6.45, 7) is 7.74. The van der Waals surface area contributed by atoms with Gasteiger partial charge in [-0.15, -0.1) is 0 Å². The Morgan fingerprint density at radius 1 is 0.635 bits per heavy atom. The maximum atomic E-state index is 11.2. The Balaban J connectivity index is 0.872. The third-order valence-corrected chi connectivity index (χ3v) is 17.4. The van der Waals surface area contributed by atoms with Gasteiger partial charge in [0, 0.05) is 12.3 Å². The van der Waals surface area contributed by atoms with Gasteiger partial charge in [0.1, 0.15) is 79.4 Å². The van der Waals surface area contributed by atoms with Gasteiger partial charge in [-0.2, -0.15) is 0 Å². The number of allylic oxidation sites excluding steroid dienone is 1. The summed E-state index contributed by atoms with van der Waals surface area (Å²) in [5.74, 6) is 3.56. The minimum atomic E-state index is -1.74. The van der Waals surface area contributed by atoms with E-state index in [-0.39, 0.29) is 35.6 Å². The van der Waals surface area contributed by atoms with Gasteiger partial charge in [-0.25, -0.2) is 0 Å². The molecule has 4 aliphatic heterocycles. The number of hydrogen-bond donors (Lipinski definition) is 11. The molecular weight excluding hydrogens is 828 g/mol. The number of hydrogen-bond acceptors (Lipinski definition) is 18. The Morgan fingerprint density at radius 3 is 1.87 bits per heavy atom. The molecule has 0 amide bonds. The summed E-state index contributed by atoms with van der Waals surface area (Å²) < 4.78 is 42.2. The van der Waals surface area contributed by atoms with E-state index in [1.807, 2.05) is 0 Å². The van der Waals surface area contributed by atoms with E-state index in [9.17, 15) is 56.2 Å². The summed E-state index contributed by atoms with van der Waals surface area (Å²) >= 11 is 0. The van der Waals surface area contributed by atoms with E-state index in [0.717, 1.165) is 70.0 Å². The van der Waals surface area contributed by atoms with Crippen molar-refractivity contribution in [2.24, 2.45) is 46.3 Å². The number of aliphatic hydroxyl groups excluding tert-OH is 11. The normalized spacial score (nSPS) is 52.7. The van der Waals surface area contributed by atoms with Gasteiger partial charge in [-0.1, -0.05) is 20.8 Å². The second-order valence-corrected chi connectivity index (χ2v) is 20.9. The molecule has 3 unspecified atom stereocenters. The number of ether oxygens (including phenoxy) is 7. The van der Waals surface area contributed by atoms with Gasteiger partial charge in [0.05, 0.1) is 38.3 Å². The Kier molecular flexibility index (Phi) is 14.6. The number of aliphatic hydroxyl groups is 11. The molecule has 0 aromatic rings. The molecule has 25 atom stereocenters. The molecule has 0 spiro atoms. The standard InChI is InChI=1S/C45H74O18/c1-19(18-57-41-38(55)35(52)32(49)28(15-46)60-41)5-8-26-20(2)31-27(59-26)14-25-23-7-6-21-13-22(9-11-44(21,3)24(23)10-12-45(25,31)4)58-43-40(37(54)34(51)30(17-48)62-43)63-42-39(56)36(53)33(50)29(16-47)61-42/h19,21-25,27-43,46-56H,5-18H2,1-4H3/t19-,21+,22+,23?,24?,25?,27-,28+,29+,30+,31-,32+,33+,34-,35-,36-,37-,38+,39+,40+,41+,42-,43+,44-,45-/m0/s1. The minimum Gasteiger partial charge on any atom is -0.494 e. The molecule has 4 heterocycles. The van der Waals surface area contributed by atoms with Crippen molar-refractivity contribution in [1.29, 1.82) is 0 Å². The van der Waals surface area contributed by atoms with Crippen LogP contribution in [0.1, 0.15) is 91.9 Å². The average molecular weight is 903 g/mol. The van der Waals surface area contributed by atoms with Crippen molar-refractivity contribution in [2.45, 2.75) is 196 Å². The SMILES string of the molecule is CC1=C(CC[C@H](C)CO[C@@H]2O[C@H](CO)[C@@H](O)[C@H](O)[C@H]2O)O[C@H]2CC3C4CC[C@@H]5C[C@H](O[C@@H]6O[C@H](CO)[C@H](O)[C@H](O)[C@H]6O[C@@H]6O[C@H](CO)[C@@H](O)[C@H](O)[C@H]6O)CC[C@]5(C)C4CC[C@]3(C)[C@@H]12. The molecule has 0 bridgehead atoms. The second kappa shape index (κ2) is 19.1. The zero-order chi connectivity index (χ0) is 45.3. The average Bonchev–Trinajstić information content (AvgIpc) is 3.76. The lowest BCUT2D eigenvalue weighted by molar-refractivity contribution is -0.373. The van der Waals surface area contributed by atoms with Gasteiger partial charge in [0.25, 0.3) is 0 Å². The summed E-state index contributed by atoms with van der Waals surface area (Å²) in [4.78, 5) is 0. The van der Waals surface area contributed by atoms with E-state index in [4.69, 9.17) is 33.2 Å². The van der Waals surface area contributed by atoms with Crippen molar-refractivity contribution in [3.05, 3.63) is 11.3 Å². The van der Waals surface area contributed by atoms with Crippen LogP contribution in [0, 0.1) is 46.3 Å². The zero-order valence-corrected chi connectivity index (χ0v) is 37.0. The second-order valence-electron chi connectivity index (χ2n) is 20.9. The Morgan fingerprint density at radius 2 is 1.22 bits per heavy atom.